The highest BCUT2D eigenvalue weighted by Gasteiger charge is 2.56. The van der Waals surface area contributed by atoms with E-state index in [9.17, 15) is 9.59 Å². The van der Waals surface area contributed by atoms with Crippen LogP contribution in [-0.4, -0.2) is 53.3 Å². The number of amides is 2. The number of hydroxylamine groups is 2. The molecule has 1 N–H and O–H groups in total. The van der Waals surface area contributed by atoms with E-state index in [1.54, 1.807) is 0 Å². The number of nitrogens with zero attached hydrogens (tertiary/aromatic N) is 2. The van der Waals surface area contributed by atoms with Crippen molar-refractivity contribution < 1.29 is 19.5 Å². The van der Waals surface area contributed by atoms with Crippen molar-refractivity contribution in [3.8, 4) is 0 Å². The second kappa shape index (κ2) is 3.37. The van der Waals surface area contributed by atoms with Crippen LogP contribution in [-0.2, 0) is 9.63 Å². The van der Waals surface area contributed by atoms with E-state index < -0.39 is 12.1 Å². The summed E-state index contributed by atoms with van der Waals surface area (Å²) in [6.07, 6.45) is 0.513. The number of fused-ring (bicyclic) bond motifs is 1. The molecular formula is C9H14N2O4. The van der Waals surface area contributed by atoms with Crippen molar-refractivity contribution in [1.82, 2.24) is 9.96 Å². The largest absolute Gasteiger partial charge is 0.465 e. The molecule has 6 nitrogen and oxygen atoms in total. The molecule has 0 aromatic heterocycles. The van der Waals surface area contributed by atoms with E-state index >= 15 is 0 Å². The van der Waals surface area contributed by atoms with Gasteiger partial charge in [-0.05, 0) is 18.8 Å². The number of carbonyl (C=O) groups excluding carboxylic acids is 1. The molecule has 0 radical (unpaired) electrons. The lowest BCUT2D eigenvalue weighted by Crippen LogP contribution is -2.47. The predicted molar refractivity (Wildman–Crippen MR) is 49.9 cm³/mol. The highest BCUT2D eigenvalue weighted by Crippen LogP contribution is 2.48. The van der Waals surface area contributed by atoms with Gasteiger partial charge in [-0.25, -0.2) is 9.86 Å². The maximum atomic E-state index is 11.8. The Morgan fingerprint density at radius 1 is 1.47 bits per heavy atom. The number of carboxylic acid groups (broad SMARTS) is 1. The van der Waals surface area contributed by atoms with Crippen molar-refractivity contribution in [2.75, 3.05) is 14.2 Å². The average molecular weight is 214 g/mol. The maximum Gasteiger partial charge on any atom is 0.408 e. The van der Waals surface area contributed by atoms with Crippen LogP contribution in [0.1, 0.15) is 12.8 Å². The van der Waals surface area contributed by atoms with Gasteiger partial charge in [0.2, 0.25) is 0 Å². The Bertz CT molecular complexity index is 306. The van der Waals surface area contributed by atoms with Crippen molar-refractivity contribution >= 4 is 12.0 Å². The van der Waals surface area contributed by atoms with E-state index in [0.29, 0.717) is 12.3 Å². The molecule has 15 heavy (non-hydrogen) atoms. The van der Waals surface area contributed by atoms with Gasteiger partial charge in [-0.15, -0.1) is 0 Å². The number of rotatable bonds is 2. The van der Waals surface area contributed by atoms with Crippen LogP contribution < -0.4 is 0 Å². The van der Waals surface area contributed by atoms with Crippen LogP contribution in [0.15, 0.2) is 0 Å². The second-order valence-corrected chi connectivity index (χ2v) is 4.02. The lowest BCUT2D eigenvalue weighted by molar-refractivity contribution is -0.173. The minimum absolute atomic E-state index is 0.0571. The summed E-state index contributed by atoms with van der Waals surface area (Å²) in [6.45, 7) is 0. The second-order valence-electron chi connectivity index (χ2n) is 4.02. The van der Waals surface area contributed by atoms with Crippen LogP contribution >= 0.6 is 0 Å². The number of likely N-dealkylation sites (tertiary alicyclic amines) is 1. The Kier molecular flexibility index (Phi) is 2.30. The molecule has 6 heteroatoms. The van der Waals surface area contributed by atoms with E-state index in [-0.39, 0.29) is 11.9 Å². The van der Waals surface area contributed by atoms with E-state index in [1.807, 2.05) is 0 Å². The summed E-state index contributed by atoms with van der Waals surface area (Å²) >= 11 is 0. The Hall–Kier alpha value is -1.30. The first-order valence-corrected chi connectivity index (χ1v) is 4.89. The number of hydrogen-bond donors (Lipinski definition) is 1. The molecule has 1 saturated heterocycles. The zero-order valence-corrected chi connectivity index (χ0v) is 8.71. The van der Waals surface area contributed by atoms with E-state index in [2.05, 4.69) is 0 Å². The van der Waals surface area contributed by atoms with Gasteiger partial charge in [0, 0.05) is 13.1 Å². The number of piperidine rings is 1. The highest BCUT2D eigenvalue weighted by atomic mass is 16.7. The highest BCUT2D eigenvalue weighted by molar-refractivity contribution is 5.85. The monoisotopic (exact) mass is 214 g/mol. The van der Waals surface area contributed by atoms with Crippen LogP contribution in [0.5, 0.6) is 0 Å². The fourth-order valence-corrected chi connectivity index (χ4v) is 2.25. The average Bonchev–Trinajstić information content (AvgIpc) is 2.86. The Labute approximate surface area is 87.4 Å². The third-order valence-corrected chi connectivity index (χ3v) is 3.19. The molecule has 1 heterocycles. The van der Waals surface area contributed by atoms with Crippen LogP contribution in [0, 0.1) is 5.92 Å². The fourth-order valence-electron chi connectivity index (χ4n) is 2.25. The molecule has 0 unspecified atom stereocenters. The number of likely N-dealkylation sites (N-methyl/N-ethyl adjacent to an activating group) is 1. The van der Waals surface area contributed by atoms with E-state index in [4.69, 9.17) is 9.94 Å². The van der Waals surface area contributed by atoms with Gasteiger partial charge < -0.3 is 5.11 Å². The summed E-state index contributed by atoms with van der Waals surface area (Å²) in [6, 6.07) is -0.502. The van der Waals surface area contributed by atoms with Crippen molar-refractivity contribution in [1.29, 1.82) is 0 Å². The van der Waals surface area contributed by atoms with Crippen molar-refractivity contribution in [2.24, 2.45) is 5.92 Å². The third kappa shape index (κ3) is 1.54. The molecule has 1 aliphatic heterocycles. The minimum atomic E-state index is -1.01. The quantitative estimate of drug-likeness (QED) is 0.664. The number of hydrogen-bond acceptors (Lipinski definition) is 3. The zero-order valence-electron chi connectivity index (χ0n) is 8.71. The lowest BCUT2D eigenvalue weighted by atomic mass is 10.1. The van der Waals surface area contributed by atoms with Crippen molar-refractivity contribution in [3.63, 3.8) is 0 Å². The van der Waals surface area contributed by atoms with E-state index in [0.717, 1.165) is 11.5 Å². The first-order valence-electron chi connectivity index (χ1n) is 4.89. The van der Waals surface area contributed by atoms with Crippen LogP contribution in [0.2, 0.25) is 0 Å². The molecule has 3 atom stereocenters. The SMILES string of the molecule is CON(C)C(=O)[C@@H]1C[C@H]2C[C@H]2N1C(=O)O. The molecular weight excluding hydrogens is 200 g/mol. The van der Waals surface area contributed by atoms with Gasteiger partial charge in [0.25, 0.3) is 5.91 Å². The maximum absolute atomic E-state index is 11.8. The first-order chi connectivity index (χ1) is 7.06. The molecule has 2 fully saturated rings. The summed E-state index contributed by atoms with van der Waals surface area (Å²) in [7, 11) is 2.88. The molecule has 0 aromatic rings. The Balaban J connectivity index is 2.09. The molecule has 0 aromatic carbocycles. The van der Waals surface area contributed by atoms with Gasteiger partial charge in [-0.3, -0.25) is 14.5 Å². The first kappa shape index (κ1) is 10.2. The van der Waals surface area contributed by atoms with Gasteiger partial charge in [-0.2, -0.15) is 0 Å². The normalized spacial score (nSPS) is 32.4. The summed E-state index contributed by atoms with van der Waals surface area (Å²) < 4.78 is 0. The van der Waals surface area contributed by atoms with Crippen LogP contribution in [0.4, 0.5) is 4.79 Å². The molecule has 0 spiro atoms. The summed E-state index contributed by atoms with van der Waals surface area (Å²) in [4.78, 5) is 28.8. The van der Waals surface area contributed by atoms with Crippen LogP contribution in [0.25, 0.3) is 0 Å². The summed E-state index contributed by atoms with van der Waals surface area (Å²) in [5.74, 6) is 0.0902. The summed E-state index contributed by atoms with van der Waals surface area (Å²) in [5.41, 5.74) is 0. The Morgan fingerprint density at radius 2 is 2.13 bits per heavy atom. The van der Waals surface area contributed by atoms with Crippen molar-refractivity contribution in [2.45, 2.75) is 24.9 Å². The lowest BCUT2D eigenvalue weighted by Gasteiger charge is -2.26. The predicted octanol–water partition coefficient (Wildman–Crippen LogP) is 0.147. The van der Waals surface area contributed by atoms with Gasteiger partial charge in [0.1, 0.15) is 6.04 Å². The fraction of sp³-hybridized carbons (Fsp3) is 0.778. The minimum Gasteiger partial charge on any atom is -0.465 e. The van der Waals surface area contributed by atoms with Crippen molar-refractivity contribution in [3.05, 3.63) is 0 Å². The molecule has 2 amide bonds. The zero-order chi connectivity index (χ0) is 11.2. The van der Waals surface area contributed by atoms with E-state index in [1.165, 1.54) is 19.1 Å². The van der Waals surface area contributed by atoms with Gasteiger partial charge in [0.05, 0.1) is 7.11 Å². The molecule has 2 rings (SSSR count). The summed E-state index contributed by atoms with van der Waals surface area (Å²) in [5, 5.41) is 10.1. The molecule has 2 aliphatic rings. The molecule has 84 valence electrons. The van der Waals surface area contributed by atoms with Gasteiger partial charge in [-0.1, -0.05) is 0 Å². The molecule has 1 saturated carbocycles. The number of carbonyl (C=O) groups is 2. The Morgan fingerprint density at radius 3 is 2.67 bits per heavy atom. The topological polar surface area (TPSA) is 70.1 Å². The molecule has 0 bridgehead atoms. The molecule has 1 aliphatic carbocycles. The standard InChI is InChI=1S/C9H14N2O4/c1-10(15-2)8(12)7-4-5-3-6(5)11(7)9(13)14/h5-7H,3-4H2,1-2H3,(H,13,14)/t5-,6-,7+/m1/s1. The van der Waals surface area contributed by atoms with Gasteiger partial charge in [0.15, 0.2) is 0 Å². The van der Waals surface area contributed by atoms with Gasteiger partial charge >= 0.3 is 6.09 Å². The smallest absolute Gasteiger partial charge is 0.408 e. The van der Waals surface area contributed by atoms with Crippen LogP contribution in [0.3, 0.4) is 0 Å². The third-order valence-electron chi connectivity index (χ3n) is 3.19.